The van der Waals surface area contributed by atoms with Gasteiger partial charge in [-0.3, -0.25) is 8.98 Å². The molecule has 5 rings (SSSR count). The zero-order valence-electron chi connectivity index (χ0n) is 19.8. The number of hydrogen-bond acceptors (Lipinski definition) is 4. The van der Waals surface area contributed by atoms with Crippen LogP contribution in [0, 0.1) is 41.4 Å². The molecule has 0 amide bonds. The minimum Gasteiger partial charge on any atom is -0.295 e. The van der Waals surface area contributed by atoms with Crippen molar-refractivity contribution in [3.63, 3.8) is 0 Å². The zero-order chi connectivity index (χ0) is 22.9. The minimum absolute atomic E-state index is 0.116. The van der Waals surface area contributed by atoms with Gasteiger partial charge >= 0.3 is 0 Å². The van der Waals surface area contributed by atoms with Crippen LogP contribution in [0.2, 0.25) is 0 Å². The topological polar surface area (TPSA) is 60.4 Å². The van der Waals surface area contributed by atoms with Crippen LogP contribution >= 0.6 is 0 Å². The van der Waals surface area contributed by atoms with Crippen molar-refractivity contribution >= 4 is 15.9 Å². The largest absolute Gasteiger partial charge is 0.297 e. The highest BCUT2D eigenvalue weighted by Gasteiger charge is 2.61. The van der Waals surface area contributed by atoms with E-state index in [0.29, 0.717) is 35.9 Å². The molecule has 4 aliphatic carbocycles. The first kappa shape index (κ1) is 22.3. The fourth-order valence-corrected chi connectivity index (χ4v) is 9.13. The summed E-state index contributed by atoms with van der Waals surface area (Å²) < 4.78 is 32.1. The van der Waals surface area contributed by atoms with Crippen LogP contribution in [-0.4, -0.2) is 20.3 Å². The molecule has 32 heavy (non-hydrogen) atoms. The Balaban J connectivity index is 1.42. The lowest BCUT2D eigenvalue weighted by Gasteiger charge is -2.60. The quantitative estimate of drug-likeness (QED) is 0.536. The first-order valence-corrected chi connectivity index (χ1v) is 13.7. The number of carbonyl (C=O) groups excluding carboxylic acids is 1. The van der Waals surface area contributed by atoms with Gasteiger partial charge in [0.2, 0.25) is 0 Å². The van der Waals surface area contributed by atoms with Crippen LogP contribution in [0.5, 0.6) is 0 Å². The molecule has 0 spiro atoms. The van der Waals surface area contributed by atoms with Gasteiger partial charge in [0, 0.05) is 6.42 Å². The number of rotatable bonds is 3. The molecule has 0 N–H and O–H groups in total. The smallest absolute Gasteiger partial charge is 0.295 e. The lowest BCUT2D eigenvalue weighted by atomic mass is 9.45. The van der Waals surface area contributed by atoms with E-state index in [0.717, 1.165) is 44.1 Å². The summed E-state index contributed by atoms with van der Waals surface area (Å²) in [5.41, 5.74) is 2.42. The van der Waals surface area contributed by atoms with E-state index in [-0.39, 0.29) is 21.8 Å². The second-order valence-corrected chi connectivity index (χ2v) is 13.1. The molecule has 174 valence electrons. The highest BCUT2D eigenvalue weighted by atomic mass is 32.2. The van der Waals surface area contributed by atoms with Gasteiger partial charge in [0.05, 0.1) is 11.0 Å². The van der Waals surface area contributed by atoms with Crippen molar-refractivity contribution in [3.05, 3.63) is 41.5 Å². The van der Waals surface area contributed by atoms with Crippen LogP contribution in [-0.2, 0) is 19.1 Å². The Labute approximate surface area is 192 Å². The number of benzene rings is 1. The Hall–Kier alpha value is -1.46. The summed E-state index contributed by atoms with van der Waals surface area (Å²) in [4.78, 5) is 12.4. The maximum Gasteiger partial charge on any atom is 0.297 e. The first-order valence-electron chi connectivity index (χ1n) is 12.3. The molecule has 7 atom stereocenters. The maximum atomic E-state index is 13.1. The number of aryl methyl sites for hydroxylation is 1. The van der Waals surface area contributed by atoms with Crippen LogP contribution in [0.25, 0.3) is 0 Å². The van der Waals surface area contributed by atoms with Gasteiger partial charge in [-0.25, -0.2) is 0 Å². The summed E-state index contributed by atoms with van der Waals surface area (Å²) in [5.74, 6) is 2.43. The Bertz CT molecular complexity index is 1060. The third kappa shape index (κ3) is 3.34. The van der Waals surface area contributed by atoms with Crippen LogP contribution < -0.4 is 0 Å². The SMILES string of the molecule is Cc1ccc(S(=O)(=O)O[C@H]2CCC3C4C(CC[C@@]32C)[C@@]2(C)CCC(=O)C=C2C[C@@H]4C)cc1. The molecule has 0 saturated heterocycles. The van der Waals surface area contributed by atoms with Crippen molar-refractivity contribution in [2.75, 3.05) is 0 Å². The van der Waals surface area contributed by atoms with Crippen molar-refractivity contribution in [2.24, 2.45) is 34.5 Å². The lowest BCUT2D eigenvalue weighted by molar-refractivity contribution is -0.119. The third-order valence-electron chi connectivity index (χ3n) is 9.78. The second kappa shape index (κ2) is 7.53. The number of carbonyl (C=O) groups is 1. The maximum absolute atomic E-state index is 13.1. The number of allylic oxidation sites excluding steroid dienone is 1. The fraction of sp³-hybridized carbons (Fsp3) is 0.667. The molecule has 3 fully saturated rings. The van der Waals surface area contributed by atoms with Crippen molar-refractivity contribution in [3.8, 4) is 0 Å². The molecule has 1 aromatic carbocycles. The van der Waals surface area contributed by atoms with Gasteiger partial charge < -0.3 is 0 Å². The molecule has 0 radical (unpaired) electrons. The summed E-state index contributed by atoms with van der Waals surface area (Å²) in [6, 6.07) is 6.95. The molecular formula is C27H36O4S. The fourth-order valence-electron chi connectivity index (χ4n) is 7.93. The molecule has 3 saturated carbocycles. The first-order chi connectivity index (χ1) is 15.0. The Kier molecular flexibility index (Phi) is 5.25. The van der Waals surface area contributed by atoms with Crippen LogP contribution in [0.4, 0.5) is 0 Å². The standard InChI is InChI=1S/C27H36O4S/c1-17-5-7-21(8-6-17)32(29,30)31-24-10-9-22-25-18(2)15-19-16-20(28)11-13-26(19,3)23(25)12-14-27(22,24)4/h5-8,16,18,22-25H,9-15H2,1-4H3/t18-,22?,23?,24-,25?,26-,27-/m0/s1. The predicted molar refractivity (Wildman–Crippen MR) is 124 cm³/mol. The Morgan fingerprint density at radius 3 is 2.44 bits per heavy atom. The average molecular weight is 457 g/mol. The predicted octanol–water partition coefficient (Wildman–Crippen LogP) is 5.85. The minimum atomic E-state index is -3.78. The lowest BCUT2D eigenvalue weighted by Crippen LogP contribution is -2.54. The van der Waals surface area contributed by atoms with Gasteiger partial charge in [0.1, 0.15) is 0 Å². The van der Waals surface area contributed by atoms with Crippen molar-refractivity contribution in [1.29, 1.82) is 0 Å². The average Bonchev–Trinajstić information content (AvgIpc) is 3.05. The van der Waals surface area contributed by atoms with E-state index >= 15 is 0 Å². The van der Waals surface area contributed by atoms with E-state index in [9.17, 15) is 13.2 Å². The van der Waals surface area contributed by atoms with E-state index < -0.39 is 10.1 Å². The van der Waals surface area contributed by atoms with Crippen LogP contribution in [0.15, 0.2) is 40.8 Å². The molecule has 0 aromatic heterocycles. The van der Waals surface area contributed by atoms with E-state index in [1.807, 2.05) is 25.1 Å². The normalized spacial score (nSPS) is 41.4. The molecule has 0 aliphatic heterocycles. The van der Waals surface area contributed by atoms with Gasteiger partial charge in [0.15, 0.2) is 5.78 Å². The van der Waals surface area contributed by atoms with E-state index in [1.54, 1.807) is 12.1 Å². The van der Waals surface area contributed by atoms with Gasteiger partial charge in [-0.2, -0.15) is 8.42 Å². The van der Waals surface area contributed by atoms with Crippen molar-refractivity contribution in [2.45, 2.75) is 83.6 Å². The third-order valence-corrected chi connectivity index (χ3v) is 11.1. The van der Waals surface area contributed by atoms with E-state index in [4.69, 9.17) is 4.18 Å². The highest BCUT2D eigenvalue weighted by Crippen LogP contribution is 2.67. The van der Waals surface area contributed by atoms with Gasteiger partial charge in [-0.1, -0.05) is 44.0 Å². The van der Waals surface area contributed by atoms with Crippen LogP contribution in [0.3, 0.4) is 0 Å². The van der Waals surface area contributed by atoms with Gasteiger partial charge in [-0.15, -0.1) is 0 Å². The molecule has 4 aliphatic rings. The summed E-state index contributed by atoms with van der Waals surface area (Å²) in [6.45, 7) is 8.97. The van der Waals surface area contributed by atoms with Gasteiger partial charge in [0.25, 0.3) is 10.1 Å². The molecule has 1 aromatic rings. The van der Waals surface area contributed by atoms with Crippen molar-refractivity contribution in [1.82, 2.24) is 0 Å². The van der Waals surface area contributed by atoms with Crippen molar-refractivity contribution < 1.29 is 17.4 Å². The summed E-state index contributed by atoms with van der Waals surface area (Å²) in [6.07, 6.45) is 8.26. The summed E-state index contributed by atoms with van der Waals surface area (Å²) in [7, 11) is -3.78. The molecule has 4 nitrogen and oxygen atoms in total. The molecular weight excluding hydrogens is 420 g/mol. The second-order valence-electron chi connectivity index (χ2n) is 11.5. The van der Waals surface area contributed by atoms with Gasteiger partial charge in [-0.05, 0) is 98.2 Å². The Morgan fingerprint density at radius 1 is 1.00 bits per heavy atom. The Morgan fingerprint density at radius 2 is 1.72 bits per heavy atom. The molecule has 5 heteroatoms. The highest BCUT2D eigenvalue weighted by molar-refractivity contribution is 7.86. The molecule has 0 bridgehead atoms. The zero-order valence-corrected chi connectivity index (χ0v) is 20.6. The summed E-state index contributed by atoms with van der Waals surface area (Å²) in [5, 5.41) is 0. The van der Waals surface area contributed by atoms with E-state index in [2.05, 4.69) is 20.8 Å². The number of fused-ring (bicyclic) bond motifs is 5. The number of ketones is 1. The summed E-state index contributed by atoms with van der Waals surface area (Å²) >= 11 is 0. The van der Waals surface area contributed by atoms with Crippen LogP contribution in [0.1, 0.15) is 71.3 Å². The molecule has 0 heterocycles. The monoisotopic (exact) mass is 456 g/mol. The number of hydrogen-bond donors (Lipinski definition) is 0. The molecule has 3 unspecified atom stereocenters. The van der Waals surface area contributed by atoms with E-state index in [1.165, 1.54) is 5.57 Å².